The van der Waals surface area contributed by atoms with E-state index in [2.05, 4.69) is 15.5 Å². The van der Waals surface area contributed by atoms with Gasteiger partial charge in [-0.2, -0.15) is 5.10 Å². The van der Waals surface area contributed by atoms with Crippen molar-refractivity contribution in [2.24, 2.45) is 5.92 Å². The van der Waals surface area contributed by atoms with Crippen molar-refractivity contribution < 1.29 is 9.18 Å². The van der Waals surface area contributed by atoms with E-state index in [0.717, 1.165) is 29.7 Å². The monoisotopic (exact) mass is 259 g/mol. The van der Waals surface area contributed by atoms with Gasteiger partial charge in [0.05, 0.1) is 11.9 Å². The highest BCUT2D eigenvalue weighted by Gasteiger charge is 2.29. The molecule has 4 nitrogen and oxygen atoms in total. The smallest absolute Gasteiger partial charge is 0.223 e. The molecule has 5 heteroatoms. The van der Waals surface area contributed by atoms with Crippen LogP contribution in [0.25, 0.3) is 11.3 Å². The number of rotatable bonds is 4. The minimum atomic E-state index is -0.292. The Kier molecular flexibility index (Phi) is 3.03. The molecule has 2 aromatic rings. The van der Waals surface area contributed by atoms with Gasteiger partial charge in [0.25, 0.3) is 0 Å². The van der Waals surface area contributed by atoms with E-state index >= 15 is 0 Å². The van der Waals surface area contributed by atoms with E-state index in [-0.39, 0.29) is 17.6 Å². The predicted octanol–water partition coefficient (Wildman–Crippen LogP) is 2.24. The van der Waals surface area contributed by atoms with Crippen LogP contribution in [-0.4, -0.2) is 16.1 Å². The van der Waals surface area contributed by atoms with Crippen LogP contribution >= 0.6 is 0 Å². The Bertz CT molecular complexity index is 604. The lowest BCUT2D eigenvalue weighted by Gasteiger charge is -2.05. The summed E-state index contributed by atoms with van der Waals surface area (Å²) in [7, 11) is 0. The lowest BCUT2D eigenvalue weighted by molar-refractivity contribution is -0.122. The standard InChI is InChI=1S/C14H14FN3O/c15-12-3-1-2-10(6-12)13-11(8-17-18-13)7-16-14(19)9-4-5-9/h1-3,6,8-9H,4-5,7H2,(H,16,19)(H,17,18). The molecule has 0 atom stereocenters. The number of carbonyl (C=O) groups excluding carboxylic acids is 1. The van der Waals surface area contributed by atoms with E-state index in [1.54, 1.807) is 12.3 Å². The van der Waals surface area contributed by atoms with Crippen molar-refractivity contribution in [1.82, 2.24) is 15.5 Å². The summed E-state index contributed by atoms with van der Waals surface area (Å²) < 4.78 is 13.2. The average Bonchev–Trinajstić information content (AvgIpc) is 3.15. The quantitative estimate of drug-likeness (QED) is 0.884. The van der Waals surface area contributed by atoms with Crippen molar-refractivity contribution in [3.05, 3.63) is 41.8 Å². The second-order valence-corrected chi connectivity index (χ2v) is 4.77. The van der Waals surface area contributed by atoms with Gasteiger partial charge in [0.2, 0.25) is 5.91 Å². The largest absolute Gasteiger partial charge is 0.352 e. The fourth-order valence-corrected chi connectivity index (χ4v) is 2.01. The van der Waals surface area contributed by atoms with Gasteiger partial charge >= 0.3 is 0 Å². The molecule has 0 unspecified atom stereocenters. The summed E-state index contributed by atoms with van der Waals surface area (Å²) in [4.78, 5) is 11.6. The fraction of sp³-hybridized carbons (Fsp3) is 0.286. The van der Waals surface area contributed by atoms with Gasteiger partial charge in [-0.25, -0.2) is 4.39 Å². The van der Waals surface area contributed by atoms with E-state index in [1.807, 2.05) is 6.07 Å². The lowest BCUT2D eigenvalue weighted by Crippen LogP contribution is -2.24. The van der Waals surface area contributed by atoms with Crippen LogP contribution in [0.5, 0.6) is 0 Å². The van der Waals surface area contributed by atoms with Crippen molar-refractivity contribution in [2.45, 2.75) is 19.4 Å². The molecule has 2 N–H and O–H groups in total. The second-order valence-electron chi connectivity index (χ2n) is 4.77. The maximum atomic E-state index is 13.2. The third kappa shape index (κ3) is 2.65. The highest BCUT2D eigenvalue weighted by atomic mass is 19.1. The minimum absolute atomic E-state index is 0.0893. The average molecular weight is 259 g/mol. The van der Waals surface area contributed by atoms with Gasteiger partial charge in [0.15, 0.2) is 0 Å². The number of halogens is 1. The van der Waals surface area contributed by atoms with Crippen LogP contribution in [0, 0.1) is 11.7 Å². The first-order chi connectivity index (χ1) is 9.24. The normalized spacial score (nSPS) is 14.4. The number of aromatic nitrogens is 2. The molecule has 1 amide bonds. The molecule has 3 rings (SSSR count). The van der Waals surface area contributed by atoms with Crippen LogP contribution in [0.1, 0.15) is 18.4 Å². The summed E-state index contributed by atoms with van der Waals surface area (Å²) in [6, 6.07) is 6.30. The van der Waals surface area contributed by atoms with E-state index in [4.69, 9.17) is 0 Å². The Morgan fingerprint density at radius 1 is 1.47 bits per heavy atom. The first-order valence-corrected chi connectivity index (χ1v) is 6.30. The van der Waals surface area contributed by atoms with Crippen LogP contribution in [0.15, 0.2) is 30.5 Å². The molecule has 0 bridgehead atoms. The van der Waals surface area contributed by atoms with Crippen molar-refractivity contribution in [3.63, 3.8) is 0 Å². The minimum Gasteiger partial charge on any atom is -0.352 e. The molecule has 1 aromatic carbocycles. The van der Waals surface area contributed by atoms with E-state index < -0.39 is 0 Å². The summed E-state index contributed by atoms with van der Waals surface area (Å²) in [5.41, 5.74) is 2.34. The molecule has 0 aliphatic heterocycles. The van der Waals surface area contributed by atoms with Crippen molar-refractivity contribution >= 4 is 5.91 Å². The van der Waals surface area contributed by atoms with E-state index in [9.17, 15) is 9.18 Å². The number of benzene rings is 1. The van der Waals surface area contributed by atoms with Crippen molar-refractivity contribution in [2.75, 3.05) is 0 Å². The van der Waals surface area contributed by atoms with E-state index in [0.29, 0.717) is 6.54 Å². The fourth-order valence-electron chi connectivity index (χ4n) is 2.01. The molecule has 1 heterocycles. The third-order valence-corrected chi connectivity index (χ3v) is 3.23. The van der Waals surface area contributed by atoms with Gasteiger partial charge in [-0.15, -0.1) is 0 Å². The summed E-state index contributed by atoms with van der Waals surface area (Å²) >= 11 is 0. The van der Waals surface area contributed by atoms with Crippen LogP contribution in [0.3, 0.4) is 0 Å². The molecule has 1 aromatic heterocycles. The Morgan fingerprint density at radius 3 is 3.05 bits per heavy atom. The topological polar surface area (TPSA) is 57.8 Å². The number of amides is 1. The Morgan fingerprint density at radius 2 is 2.32 bits per heavy atom. The summed E-state index contributed by atoms with van der Waals surface area (Å²) in [5.74, 6) is -0.0176. The molecular formula is C14H14FN3O. The van der Waals surface area contributed by atoms with Gasteiger partial charge in [-0.3, -0.25) is 9.89 Å². The van der Waals surface area contributed by atoms with Gasteiger partial charge in [-0.05, 0) is 25.0 Å². The van der Waals surface area contributed by atoms with E-state index in [1.165, 1.54) is 12.1 Å². The number of carbonyl (C=O) groups is 1. The van der Waals surface area contributed by atoms with Crippen LogP contribution in [0.4, 0.5) is 4.39 Å². The number of nitrogens with one attached hydrogen (secondary N) is 2. The molecular weight excluding hydrogens is 245 g/mol. The number of hydrogen-bond donors (Lipinski definition) is 2. The third-order valence-electron chi connectivity index (χ3n) is 3.23. The Hall–Kier alpha value is -2.17. The molecule has 98 valence electrons. The highest BCUT2D eigenvalue weighted by molar-refractivity contribution is 5.81. The Balaban J connectivity index is 1.76. The van der Waals surface area contributed by atoms with Crippen LogP contribution in [0.2, 0.25) is 0 Å². The molecule has 1 aliphatic carbocycles. The van der Waals surface area contributed by atoms with Crippen molar-refractivity contribution in [3.8, 4) is 11.3 Å². The predicted molar refractivity (Wildman–Crippen MR) is 68.6 cm³/mol. The number of hydrogen-bond acceptors (Lipinski definition) is 2. The molecule has 1 aliphatic rings. The first-order valence-electron chi connectivity index (χ1n) is 6.30. The molecule has 0 radical (unpaired) electrons. The Labute approximate surface area is 110 Å². The molecule has 19 heavy (non-hydrogen) atoms. The number of aromatic amines is 1. The molecule has 0 spiro atoms. The SMILES string of the molecule is O=C(NCc1cn[nH]c1-c1cccc(F)c1)C1CC1. The highest BCUT2D eigenvalue weighted by Crippen LogP contribution is 2.29. The second kappa shape index (κ2) is 4.84. The summed E-state index contributed by atoms with van der Waals surface area (Å²) in [6.45, 7) is 0.414. The number of nitrogens with zero attached hydrogens (tertiary/aromatic N) is 1. The molecule has 1 fully saturated rings. The van der Waals surface area contributed by atoms with Gasteiger partial charge in [0, 0.05) is 23.6 Å². The molecule has 0 saturated heterocycles. The lowest BCUT2D eigenvalue weighted by atomic mass is 10.1. The zero-order valence-electron chi connectivity index (χ0n) is 10.3. The van der Waals surface area contributed by atoms with Gasteiger partial charge in [0.1, 0.15) is 5.82 Å². The zero-order chi connectivity index (χ0) is 13.2. The summed E-state index contributed by atoms with van der Waals surface area (Å²) in [6.07, 6.45) is 3.62. The van der Waals surface area contributed by atoms with Gasteiger partial charge in [-0.1, -0.05) is 12.1 Å². The molecule has 1 saturated carbocycles. The van der Waals surface area contributed by atoms with Crippen LogP contribution in [-0.2, 0) is 11.3 Å². The maximum Gasteiger partial charge on any atom is 0.223 e. The van der Waals surface area contributed by atoms with Gasteiger partial charge < -0.3 is 5.32 Å². The van der Waals surface area contributed by atoms with Crippen LogP contribution < -0.4 is 5.32 Å². The first kappa shape index (κ1) is 11.9. The van der Waals surface area contributed by atoms with Crippen molar-refractivity contribution in [1.29, 1.82) is 0 Å². The zero-order valence-corrected chi connectivity index (χ0v) is 10.3. The maximum absolute atomic E-state index is 13.2. The number of H-pyrrole nitrogens is 1. The summed E-state index contributed by atoms with van der Waals surface area (Å²) in [5, 5.41) is 9.70.